The molecule has 4 aromatic carbocycles. The third kappa shape index (κ3) is 4.81. The van der Waals surface area contributed by atoms with E-state index in [9.17, 15) is 4.79 Å². The quantitative estimate of drug-likeness (QED) is 0.271. The van der Waals surface area contributed by atoms with Crippen LogP contribution in [0.15, 0.2) is 106 Å². The lowest BCUT2D eigenvalue weighted by Gasteiger charge is -2.09. The summed E-state index contributed by atoms with van der Waals surface area (Å²) in [4.78, 5) is 17.4. The van der Waals surface area contributed by atoms with E-state index in [1.165, 1.54) is 0 Å². The third-order valence-corrected chi connectivity index (χ3v) is 5.79. The molecule has 0 bridgehead atoms. The number of nitrogens with zero attached hydrogens (tertiary/aromatic N) is 1. The fraction of sp³-hybridized carbons (Fsp3) is 0.0370. The second kappa shape index (κ2) is 9.30. The molecule has 1 heterocycles. The van der Waals surface area contributed by atoms with Crippen molar-refractivity contribution in [3.05, 3.63) is 113 Å². The molecule has 0 spiro atoms. The van der Waals surface area contributed by atoms with Crippen LogP contribution in [0.1, 0.15) is 15.9 Å². The Morgan fingerprint density at radius 2 is 1.73 bits per heavy atom. The second-order valence-electron chi connectivity index (χ2n) is 7.44. The Kier molecular flexibility index (Phi) is 5.91. The number of fused-ring (bicyclic) bond motifs is 1. The first-order valence-electron chi connectivity index (χ1n) is 10.4. The van der Waals surface area contributed by atoms with Crippen LogP contribution in [0, 0.1) is 0 Å². The number of hydrogen-bond acceptors (Lipinski definition) is 4. The molecular formula is C27H19BrN2O3. The van der Waals surface area contributed by atoms with Crippen LogP contribution in [0.5, 0.6) is 5.75 Å². The third-order valence-electron chi connectivity index (χ3n) is 5.09. The van der Waals surface area contributed by atoms with Crippen molar-refractivity contribution in [3.8, 4) is 17.2 Å². The number of ether oxygens (including phenoxy) is 1. The van der Waals surface area contributed by atoms with Gasteiger partial charge >= 0.3 is 0 Å². The fourth-order valence-electron chi connectivity index (χ4n) is 3.43. The maximum absolute atomic E-state index is 12.8. The minimum atomic E-state index is -0.228. The van der Waals surface area contributed by atoms with E-state index < -0.39 is 0 Å². The lowest BCUT2D eigenvalue weighted by Crippen LogP contribution is -2.12. The molecule has 1 aromatic heterocycles. The molecule has 5 rings (SSSR count). The maximum Gasteiger partial charge on any atom is 0.255 e. The average molecular weight is 499 g/mol. The van der Waals surface area contributed by atoms with Gasteiger partial charge in [0.25, 0.3) is 5.91 Å². The SMILES string of the molecule is O=C(Nc1ccc2oc(-c3ccccc3Br)nc2c1)c1cccc(OCc2ccccc2)c1. The van der Waals surface area contributed by atoms with Gasteiger partial charge in [-0.25, -0.2) is 4.98 Å². The Bertz CT molecular complexity index is 1430. The molecule has 0 aliphatic heterocycles. The molecule has 0 aliphatic rings. The molecule has 33 heavy (non-hydrogen) atoms. The van der Waals surface area contributed by atoms with Gasteiger partial charge in [-0.15, -0.1) is 0 Å². The van der Waals surface area contributed by atoms with Gasteiger partial charge in [0.15, 0.2) is 5.58 Å². The van der Waals surface area contributed by atoms with E-state index >= 15 is 0 Å². The van der Waals surface area contributed by atoms with E-state index in [2.05, 4.69) is 26.2 Å². The Morgan fingerprint density at radius 3 is 2.58 bits per heavy atom. The number of carbonyl (C=O) groups is 1. The summed E-state index contributed by atoms with van der Waals surface area (Å²) in [6, 6.07) is 30.2. The number of amides is 1. The van der Waals surface area contributed by atoms with Crippen molar-refractivity contribution in [1.29, 1.82) is 0 Å². The van der Waals surface area contributed by atoms with Crippen molar-refractivity contribution < 1.29 is 13.9 Å². The molecule has 0 fully saturated rings. The zero-order valence-electron chi connectivity index (χ0n) is 17.5. The summed E-state index contributed by atoms with van der Waals surface area (Å²) in [6.45, 7) is 0.439. The minimum absolute atomic E-state index is 0.228. The summed E-state index contributed by atoms with van der Waals surface area (Å²) in [7, 11) is 0. The molecule has 162 valence electrons. The first-order valence-corrected chi connectivity index (χ1v) is 11.2. The van der Waals surface area contributed by atoms with Gasteiger partial charge < -0.3 is 14.5 Å². The number of halogens is 1. The van der Waals surface area contributed by atoms with Gasteiger partial charge in [0.1, 0.15) is 17.9 Å². The summed E-state index contributed by atoms with van der Waals surface area (Å²) in [5.41, 5.74) is 4.39. The number of benzene rings is 4. The predicted molar refractivity (Wildman–Crippen MR) is 132 cm³/mol. The highest BCUT2D eigenvalue weighted by Gasteiger charge is 2.13. The highest BCUT2D eigenvalue weighted by atomic mass is 79.9. The van der Waals surface area contributed by atoms with E-state index in [0.717, 1.165) is 15.6 Å². The monoisotopic (exact) mass is 498 g/mol. The van der Waals surface area contributed by atoms with E-state index in [1.54, 1.807) is 36.4 Å². The largest absolute Gasteiger partial charge is 0.489 e. The predicted octanol–water partition coefficient (Wildman–Crippen LogP) is 7.09. The van der Waals surface area contributed by atoms with Crippen LogP contribution in [-0.2, 0) is 6.61 Å². The van der Waals surface area contributed by atoms with Gasteiger partial charge in [0.2, 0.25) is 5.89 Å². The summed E-state index contributed by atoms with van der Waals surface area (Å²) in [5.74, 6) is 0.926. The molecule has 0 atom stereocenters. The number of anilines is 1. The molecule has 0 unspecified atom stereocenters. The fourth-order valence-corrected chi connectivity index (χ4v) is 3.88. The Labute approximate surface area is 199 Å². The van der Waals surface area contributed by atoms with Crippen molar-refractivity contribution in [2.24, 2.45) is 0 Å². The van der Waals surface area contributed by atoms with Crippen molar-refractivity contribution in [2.45, 2.75) is 6.61 Å². The van der Waals surface area contributed by atoms with Crippen molar-refractivity contribution in [2.75, 3.05) is 5.32 Å². The molecule has 1 N–H and O–H groups in total. The molecule has 0 saturated carbocycles. The summed E-state index contributed by atoms with van der Waals surface area (Å²) in [5, 5.41) is 2.93. The van der Waals surface area contributed by atoms with Crippen LogP contribution in [-0.4, -0.2) is 10.9 Å². The van der Waals surface area contributed by atoms with E-state index in [0.29, 0.717) is 40.6 Å². The average Bonchev–Trinajstić information content (AvgIpc) is 3.27. The number of nitrogens with one attached hydrogen (secondary N) is 1. The summed E-state index contributed by atoms with van der Waals surface area (Å²) < 4.78 is 12.6. The number of hydrogen-bond donors (Lipinski definition) is 1. The Morgan fingerprint density at radius 1 is 0.909 bits per heavy atom. The van der Waals surface area contributed by atoms with Gasteiger partial charge in [0.05, 0.1) is 5.56 Å². The number of aromatic nitrogens is 1. The molecule has 5 nitrogen and oxygen atoms in total. The summed E-state index contributed by atoms with van der Waals surface area (Å²) >= 11 is 3.53. The lowest BCUT2D eigenvalue weighted by molar-refractivity contribution is 0.102. The Balaban J connectivity index is 1.31. The van der Waals surface area contributed by atoms with Crippen LogP contribution in [0.25, 0.3) is 22.6 Å². The van der Waals surface area contributed by atoms with Crippen LogP contribution in [0.3, 0.4) is 0 Å². The van der Waals surface area contributed by atoms with Crippen LogP contribution in [0.2, 0.25) is 0 Å². The van der Waals surface area contributed by atoms with Crippen LogP contribution in [0.4, 0.5) is 5.69 Å². The maximum atomic E-state index is 12.8. The zero-order valence-corrected chi connectivity index (χ0v) is 19.1. The smallest absolute Gasteiger partial charge is 0.255 e. The van der Waals surface area contributed by atoms with Gasteiger partial charge in [-0.1, -0.05) is 48.5 Å². The van der Waals surface area contributed by atoms with Crippen molar-refractivity contribution >= 4 is 38.6 Å². The Hall–Kier alpha value is -3.90. The zero-order chi connectivity index (χ0) is 22.6. The summed E-state index contributed by atoms with van der Waals surface area (Å²) in [6.07, 6.45) is 0. The van der Waals surface area contributed by atoms with Gasteiger partial charge in [0, 0.05) is 15.7 Å². The first-order chi connectivity index (χ1) is 16.2. The molecule has 0 aliphatic carbocycles. The molecular weight excluding hydrogens is 480 g/mol. The van der Waals surface area contributed by atoms with Gasteiger partial charge in [-0.3, -0.25) is 4.79 Å². The number of carbonyl (C=O) groups excluding carboxylic acids is 1. The number of oxazole rings is 1. The second-order valence-corrected chi connectivity index (χ2v) is 8.29. The van der Waals surface area contributed by atoms with Gasteiger partial charge in [-0.2, -0.15) is 0 Å². The molecule has 1 amide bonds. The molecule has 0 saturated heterocycles. The normalized spacial score (nSPS) is 10.8. The number of rotatable bonds is 6. The lowest BCUT2D eigenvalue weighted by atomic mass is 10.2. The molecule has 5 aromatic rings. The topological polar surface area (TPSA) is 64.4 Å². The highest BCUT2D eigenvalue weighted by Crippen LogP contribution is 2.31. The van der Waals surface area contributed by atoms with E-state index in [-0.39, 0.29) is 5.91 Å². The first kappa shape index (κ1) is 21.0. The van der Waals surface area contributed by atoms with Crippen molar-refractivity contribution in [1.82, 2.24) is 4.98 Å². The van der Waals surface area contributed by atoms with E-state index in [1.807, 2.05) is 60.7 Å². The van der Waals surface area contributed by atoms with Crippen LogP contribution < -0.4 is 10.1 Å². The van der Waals surface area contributed by atoms with Crippen LogP contribution >= 0.6 is 15.9 Å². The minimum Gasteiger partial charge on any atom is -0.489 e. The van der Waals surface area contributed by atoms with E-state index in [4.69, 9.17) is 9.15 Å². The molecule has 0 radical (unpaired) electrons. The van der Waals surface area contributed by atoms with Gasteiger partial charge in [-0.05, 0) is 70.0 Å². The standard InChI is InChI=1S/C27H19BrN2O3/c28-23-12-5-4-11-22(23)27-30-24-16-20(13-14-25(24)33-27)29-26(31)19-9-6-10-21(15-19)32-17-18-7-2-1-3-8-18/h1-16H,17H2,(H,29,31). The molecule has 6 heteroatoms. The van der Waals surface area contributed by atoms with Crippen molar-refractivity contribution in [3.63, 3.8) is 0 Å². The highest BCUT2D eigenvalue weighted by molar-refractivity contribution is 9.10.